The van der Waals surface area contributed by atoms with Crippen LogP contribution >= 0.6 is 0 Å². The first kappa shape index (κ1) is 9.51. The van der Waals surface area contributed by atoms with Crippen molar-refractivity contribution in [1.29, 1.82) is 0 Å². The number of aromatic nitrogens is 1. The third kappa shape index (κ3) is 2.74. The van der Waals surface area contributed by atoms with E-state index >= 15 is 0 Å². The molecular formula is C9H12N2O2. The number of nitrogens with zero attached hydrogens (tertiary/aromatic N) is 1. The van der Waals surface area contributed by atoms with Gasteiger partial charge in [-0.1, -0.05) is 6.07 Å². The van der Waals surface area contributed by atoms with Gasteiger partial charge >= 0.3 is 5.97 Å². The minimum atomic E-state index is -1.01. The Morgan fingerprint density at radius 3 is 2.77 bits per heavy atom. The van der Waals surface area contributed by atoms with Crippen molar-refractivity contribution < 1.29 is 9.90 Å². The number of carbonyl (C=O) groups is 1. The van der Waals surface area contributed by atoms with E-state index in [0.29, 0.717) is 5.82 Å². The number of anilines is 1. The zero-order valence-corrected chi connectivity index (χ0v) is 7.61. The standard InChI is InChI=1S/C9H12N2O2/c1-6(2)10-8-5-3-4-7(11-8)9(12)13/h3-6H,1-2H3,(H,10,11)(H,12,13). The maximum Gasteiger partial charge on any atom is 0.354 e. The van der Waals surface area contributed by atoms with E-state index in [9.17, 15) is 4.79 Å². The summed E-state index contributed by atoms with van der Waals surface area (Å²) < 4.78 is 0. The molecule has 0 atom stereocenters. The molecule has 0 bridgehead atoms. The fourth-order valence-corrected chi connectivity index (χ4v) is 0.930. The van der Waals surface area contributed by atoms with Crippen LogP contribution in [0.15, 0.2) is 18.2 Å². The molecule has 0 fully saturated rings. The van der Waals surface area contributed by atoms with Crippen LogP contribution in [0.1, 0.15) is 24.3 Å². The average molecular weight is 180 g/mol. The van der Waals surface area contributed by atoms with E-state index in [2.05, 4.69) is 10.3 Å². The number of rotatable bonds is 3. The van der Waals surface area contributed by atoms with Crippen molar-refractivity contribution in [3.05, 3.63) is 23.9 Å². The van der Waals surface area contributed by atoms with Crippen molar-refractivity contribution in [1.82, 2.24) is 4.98 Å². The van der Waals surface area contributed by atoms with E-state index in [1.54, 1.807) is 12.1 Å². The highest BCUT2D eigenvalue weighted by Crippen LogP contribution is 2.05. The highest BCUT2D eigenvalue weighted by Gasteiger charge is 2.04. The van der Waals surface area contributed by atoms with Crippen molar-refractivity contribution in [2.45, 2.75) is 19.9 Å². The van der Waals surface area contributed by atoms with E-state index < -0.39 is 5.97 Å². The van der Waals surface area contributed by atoms with Gasteiger partial charge in [-0.2, -0.15) is 0 Å². The summed E-state index contributed by atoms with van der Waals surface area (Å²) >= 11 is 0. The van der Waals surface area contributed by atoms with Gasteiger partial charge in [-0.3, -0.25) is 0 Å². The molecule has 0 aliphatic rings. The number of hydrogen-bond acceptors (Lipinski definition) is 3. The molecule has 0 aliphatic heterocycles. The first-order valence-electron chi connectivity index (χ1n) is 4.06. The molecule has 4 heteroatoms. The number of carboxylic acid groups (broad SMARTS) is 1. The fraction of sp³-hybridized carbons (Fsp3) is 0.333. The number of hydrogen-bond donors (Lipinski definition) is 2. The molecule has 0 spiro atoms. The van der Waals surface area contributed by atoms with Crippen LogP contribution in [0.2, 0.25) is 0 Å². The van der Waals surface area contributed by atoms with Crippen LogP contribution in [-0.4, -0.2) is 22.1 Å². The molecule has 4 nitrogen and oxygen atoms in total. The van der Waals surface area contributed by atoms with Gasteiger partial charge in [-0.05, 0) is 26.0 Å². The summed E-state index contributed by atoms with van der Waals surface area (Å²) in [4.78, 5) is 14.5. The Hall–Kier alpha value is -1.58. The zero-order chi connectivity index (χ0) is 9.84. The van der Waals surface area contributed by atoms with Crippen molar-refractivity contribution in [3.8, 4) is 0 Å². The summed E-state index contributed by atoms with van der Waals surface area (Å²) in [5.74, 6) is -0.415. The molecule has 2 N–H and O–H groups in total. The van der Waals surface area contributed by atoms with Gasteiger partial charge in [0.25, 0.3) is 0 Å². The van der Waals surface area contributed by atoms with Crippen molar-refractivity contribution in [2.75, 3.05) is 5.32 Å². The van der Waals surface area contributed by atoms with Gasteiger partial charge < -0.3 is 10.4 Å². The fourth-order valence-electron chi connectivity index (χ4n) is 0.930. The average Bonchev–Trinajstić information content (AvgIpc) is 2.03. The van der Waals surface area contributed by atoms with Gasteiger partial charge in [0.1, 0.15) is 5.82 Å². The van der Waals surface area contributed by atoms with Crippen LogP contribution in [-0.2, 0) is 0 Å². The number of aromatic carboxylic acids is 1. The Morgan fingerprint density at radius 2 is 2.23 bits per heavy atom. The van der Waals surface area contributed by atoms with Crippen LogP contribution in [0.5, 0.6) is 0 Å². The van der Waals surface area contributed by atoms with E-state index in [1.807, 2.05) is 13.8 Å². The summed E-state index contributed by atoms with van der Waals surface area (Å²) in [5, 5.41) is 11.7. The summed E-state index contributed by atoms with van der Waals surface area (Å²) in [5.41, 5.74) is 0.0608. The van der Waals surface area contributed by atoms with E-state index in [4.69, 9.17) is 5.11 Å². The van der Waals surface area contributed by atoms with Crippen LogP contribution in [0, 0.1) is 0 Å². The number of pyridine rings is 1. The molecule has 0 saturated carbocycles. The minimum Gasteiger partial charge on any atom is -0.477 e. The lowest BCUT2D eigenvalue weighted by atomic mass is 10.3. The molecule has 0 saturated heterocycles. The van der Waals surface area contributed by atoms with Gasteiger partial charge in [0.2, 0.25) is 0 Å². The van der Waals surface area contributed by atoms with Crippen LogP contribution in [0.3, 0.4) is 0 Å². The minimum absolute atomic E-state index is 0.0608. The monoisotopic (exact) mass is 180 g/mol. The van der Waals surface area contributed by atoms with Gasteiger partial charge in [0, 0.05) is 6.04 Å². The first-order chi connectivity index (χ1) is 6.09. The summed E-state index contributed by atoms with van der Waals surface area (Å²) in [6.45, 7) is 3.93. The second-order valence-electron chi connectivity index (χ2n) is 3.01. The normalized spacial score (nSPS) is 10.1. The molecule has 0 radical (unpaired) electrons. The Morgan fingerprint density at radius 1 is 1.54 bits per heavy atom. The molecule has 0 unspecified atom stereocenters. The van der Waals surface area contributed by atoms with Crippen molar-refractivity contribution in [2.24, 2.45) is 0 Å². The number of nitrogens with one attached hydrogen (secondary N) is 1. The molecular weight excluding hydrogens is 168 g/mol. The molecule has 13 heavy (non-hydrogen) atoms. The third-order valence-corrected chi connectivity index (χ3v) is 1.40. The Bertz CT molecular complexity index is 310. The highest BCUT2D eigenvalue weighted by atomic mass is 16.4. The van der Waals surface area contributed by atoms with Gasteiger partial charge in [-0.15, -0.1) is 0 Å². The van der Waals surface area contributed by atoms with Gasteiger partial charge in [0.05, 0.1) is 0 Å². The zero-order valence-electron chi connectivity index (χ0n) is 7.61. The quantitative estimate of drug-likeness (QED) is 0.741. The largest absolute Gasteiger partial charge is 0.477 e. The number of carboxylic acids is 1. The van der Waals surface area contributed by atoms with E-state index in [1.165, 1.54) is 6.07 Å². The maximum absolute atomic E-state index is 10.5. The summed E-state index contributed by atoms with van der Waals surface area (Å²) in [6.07, 6.45) is 0. The lowest BCUT2D eigenvalue weighted by Gasteiger charge is -2.08. The molecule has 1 heterocycles. The molecule has 1 aromatic rings. The van der Waals surface area contributed by atoms with Gasteiger partial charge in [0.15, 0.2) is 5.69 Å². The van der Waals surface area contributed by atoms with Crippen LogP contribution in [0.25, 0.3) is 0 Å². The molecule has 70 valence electrons. The summed E-state index contributed by atoms with van der Waals surface area (Å²) in [6, 6.07) is 5.12. The molecule has 0 aromatic carbocycles. The van der Waals surface area contributed by atoms with Crippen LogP contribution < -0.4 is 5.32 Å². The molecule has 0 amide bonds. The Kier molecular flexibility index (Phi) is 2.84. The predicted octanol–water partition coefficient (Wildman–Crippen LogP) is 1.60. The Labute approximate surface area is 76.6 Å². The Balaban J connectivity index is 2.85. The summed E-state index contributed by atoms with van der Waals surface area (Å²) in [7, 11) is 0. The second-order valence-corrected chi connectivity index (χ2v) is 3.01. The van der Waals surface area contributed by atoms with E-state index in [0.717, 1.165) is 0 Å². The van der Waals surface area contributed by atoms with Crippen molar-refractivity contribution >= 4 is 11.8 Å². The maximum atomic E-state index is 10.5. The SMILES string of the molecule is CC(C)Nc1cccc(C(=O)O)n1. The van der Waals surface area contributed by atoms with E-state index in [-0.39, 0.29) is 11.7 Å². The molecule has 1 rings (SSSR count). The van der Waals surface area contributed by atoms with Crippen molar-refractivity contribution in [3.63, 3.8) is 0 Å². The lowest BCUT2D eigenvalue weighted by Crippen LogP contribution is -2.12. The van der Waals surface area contributed by atoms with Crippen LogP contribution in [0.4, 0.5) is 5.82 Å². The molecule has 1 aromatic heterocycles. The topological polar surface area (TPSA) is 62.2 Å². The van der Waals surface area contributed by atoms with Gasteiger partial charge in [-0.25, -0.2) is 9.78 Å². The second kappa shape index (κ2) is 3.89. The predicted molar refractivity (Wildman–Crippen MR) is 50.0 cm³/mol. The first-order valence-corrected chi connectivity index (χ1v) is 4.06. The molecule has 0 aliphatic carbocycles. The smallest absolute Gasteiger partial charge is 0.354 e. The highest BCUT2D eigenvalue weighted by molar-refractivity contribution is 5.85. The lowest BCUT2D eigenvalue weighted by molar-refractivity contribution is 0.0690. The third-order valence-electron chi connectivity index (χ3n) is 1.40.